The Balaban J connectivity index is 1.43. The SMILES string of the molecule is Cc1ccccc1-c1noc(C[C@H]2CCCN(C(=O)c3cccnc3)C2)n1. The van der Waals surface area contributed by atoms with Gasteiger partial charge in [0.2, 0.25) is 11.7 Å². The molecule has 3 aromatic rings. The van der Waals surface area contributed by atoms with E-state index in [1.165, 1.54) is 0 Å². The summed E-state index contributed by atoms with van der Waals surface area (Å²) in [6.45, 7) is 3.52. The number of aryl methyl sites for hydroxylation is 1. The van der Waals surface area contributed by atoms with Crippen LogP contribution >= 0.6 is 0 Å². The molecule has 0 unspecified atom stereocenters. The molecule has 4 rings (SSSR count). The number of carbonyl (C=O) groups is 1. The molecule has 0 saturated carbocycles. The molecule has 27 heavy (non-hydrogen) atoms. The van der Waals surface area contributed by atoms with Crippen molar-refractivity contribution in [2.75, 3.05) is 13.1 Å². The summed E-state index contributed by atoms with van der Waals surface area (Å²) in [4.78, 5) is 23.2. The number of aromatic nitrogens is 3. The number of amides is 1. The van der Waals surface area contributed by atoms with Gasteiger partial charge in [0, 0.05) is 37.5 Å². The van der Waals surface area contributed by atoms with Crippen LogP contribution in [0.3, 0.4) is 0 Å². The number of likely N-dealkylation sites (tertiary alicyclic amines) is 1. The minimum Gasteiger partial charge on any atom is -0.339 e. The van der Waals surface area contributed by atoms with E-state index in [0.29, 0.717) is 36.2 Å². The summed E-state index contributed by atoms with van der Waals surface area (Å²) >= 11 is 0. The standard InChI is InChI=1S/C21H22N4O2/c1-15-6-2-3-9-18(15)20-23-19(27-24-20)12-16-7-5-11-25(14-16)21(26)17-8-4-10-22-13-17/h2-4,6,8-10,13,16H,5,7,11-12,14H2,1H3/t16-/m1/s1. The number of piperidine rings is 1. The fourth-order valence-corrected chi connectivity index (χ4v) is 3.61. The lowest BCUT2D eigenvalue weighted by atomic mass is 9.94. The van der Waals surface area contributed by atoms with Crippen molar-refractivity contribution in [1.82, 2.24) is 20.0 Å². The minimum absolute atomic E-state index is 0.0407. The normalized spacial score (nSPS) is 17.1. The summed E-state index contributed by atoms with van der Waals surface area (Å²) in [5.74, 6) is 1.62. The van der Waals surface area contributed by atoms with Crippen LogP contribution in [0.25, 0.3) is 11.4 Å². The largest absolute Gasteiger partial charge is 0.339 e. The summed E-state index contributed by atoms with van der Waals surface area (Å²) in [6, 6.07) is 11.6. The Morgan fingerprint density at radius 1 is 1.26 bits per heavy atom. The fraction of sp³-hybridized carbons (Fsp3) is 0.333. The second-order valence-electron chi connectivity index (χ2n) is 7.03. The number of carbonyl (C=O) groups excluding carboxylic acids is 1. The smallest absolute Gasteiger partial charge is 0.255 e. The van der Waals surface area contributed by atoms with Crippen molar-refractivity contribution in [1.29, 1.82) is 0 Å². The molecule has 0 spiro atoms. The lowest BCUT2D eigenvalue weighted by Crippen LogP contribution is -2.40. The predicted octanol–water partition coefficient (Wildman–Crippen LogP) is 3.53. The number of nitrogens with zero attached hydrogens (tertiary/aromatic N) is 4. The summed E-state index contributed by atoms with van der Waals surface area (Å²) in [5, 5.41) is 4.14. The molecular weight excluding hydrogens is 340 g/mol. The average molecular weight is 362 g/mol. The number of hydrogen-bond donors (Lipinski definition) is 0. The van der Waals surface area contributed by atoms with Crippen LogP contribution in [-0.2, 0) is 6.42 Å². The molecule has 0 bridgehead atoms. The molecule has 0 N–H and O–H groups in total. The van der Waals surface area contributed by atoms with Crippen LogP contribution in [0.5, 0.6) is 0 Å². The summed E-state index contributed by atoms with van der Waals surface area (Å²) in [6.07, 6.45) is 6.03. The highest BCUT2D eigenvalue weighted by Gasteiger charge is 2.26. The van der Waals surface area contributed by atoms with Crippen LogP contribution in [0.2, 0.25) is 0 Å². The van der Waals surface area contributed by atoms with Crippen molar-refractivity contribution < 1.29 is 9.32 Å². The van der Waals surface area contributed by atoms with Crippen molar-refractivity contribution in [3.8, 4) is 11.4 Å². The molecule has 1 saturated heterocycles. The Labute approximate surface area is 158 Å². The van der Waals surface area contributed by atoms with E-state index in [-0.39, 0.29) is 5.91 Å². The number of pyridine rings is 1. The Bertz CT molecular complexity index is 923. The lowest BCUT2D eigenvalue weighted by Gasteiger charge is -2.32. The first-order valence-electron chi connectivity index (χ1n) is 9.28. The first-order chi connectivity index (χ1) is 13.2. The lowest BCUT2D eigenvalue weighted by molar-refractivity contribution is 0.0667. The van der Waals surface area contributed by atoms with Gasteiger partial charge >= 0.3 is 0 Å². The zero-order valence-electron chi connectivity index (χ0n) is 15.3. The molecule has 1 amide bonds. The maximum atomic E-state index is 12.7. The van der Waals surface area contributed by atoms with Crippen molar-refractivity contribution in [2.24, 2.45) is 5.92 Å². The summed E-state index contributed by atoms with van der Waals surface area (Å²) < 4.78 is 5.48. The van der Waals surface area contributed by atoms with Crippen LogP contribution in [0, 0.1) is 12.8 Å². The fourth-order valence-electron chi connectivity index (χ4n) is 3.61. The van der Waals surface area contributed by atoms with Crippen LogP contribution in [0.1, 0.15) is 34.7 Å². The van der Waals surface area contributed by atoms with E-state index in [1.54, 1.807) is 18.5 Å². The van der Waals surface area contributed by atoms with Crippen LogP contribution in [-0.4, -0.2) is 39.0 Å². The molecule has 2 aromatic heterocycles. The molecule has 1 aliphatic heterocycles. The first kappa shape index (κ1) is 17.4. The third-order valence-electron chi connectivity index (χ3n) is 5.03. The van der Waals surface area contributed by atoms with Crippen LogP contribution in [0.4, 0.5) is 0 Å². The van der Waals surface area contributed by atoms with E-state index in [9.17, 15) is 4.79 Å². The zero-order valence-corrected chi connectivity index (χ0v) is 15.3. The Hall–Kier alpha value is -3.02. The van der Waals surface area contributed by atoms with E-state index < -0.39 is 0 Å². The van der Waals surface area contributed by atoms with Gasteiger partial charge in [-0.2, -0.15) is 4.98 Å². The number of rotatable bonds is 4. The molecule has 1 aromatic carbocycles. The minimum atomic E-state index is 0.0407. The highest BCUT2D eigenvalue weighted by molar-refractivity contribution is 5.93. The molecule has 6 heteroatoms. The monoisotopic (exact) mass is 362 g/mol. The van der Waals surface area contributed by atoms with E-state index in [0.717, 1.165) is 30.5 Å². The van der Waals surface area contributed by atoms with Gasteiger partial charge in [0.15, 0.2) is 0 Å². The molecule has 1 atom stereocenters. The van der Waals surface area contributed by atoms with Crippen molar-refractivity contribution in [2.45, 2.75) is 26.2 Å². The first-order valence-corrected chi connectivity index (χ1v) is 9.28. The predicted molar refractivity (Wildman–Crippen MR) is 101 cm³/mol. The molecule has 3 heterocycles. The highest BCUT2D eigenvalue weighted by atomic mass is 16.5. The van der Waals surface area contributed by atoms with Gasteiger partial charge in [0.05, 0.1) is 5.56 Å². The summed E-state index contributed by atoms with van der Waals surface area (Å²) in [5.41, 5.74) is 2.75. The molecule has 6 nitrogen and oxygen atoms in total. The quantitative estimate of drug-likeness (QED) is 0.710. The Morgan fingerprint density at radius 2 is 2.15 bits per heavy atom. The van der Waals surface area contributed by atoms with Crippen molar-refractivity contribution in [3.63, 3.8) is 0 Å². The topological polar surface area (TPSA) is 72.1 Å². The third-order valence-corrected chi connectivity index (χ3v) is 5.03. The molecule has 1 fully saturated rings. The Kier molecular flexibility index (Phi) is 4.96. The second kappa shape index (κ2) is 7.70. The molecule has 0 aliphatic carbocycles. The highest BCUT2D eigenvalue weighted by Crippen LogP contribution is 2.24. The number of hydrogen-bond acceptors (Lipinski definition) is 5. The van der Waals surface area contributed by atoms with Gasteiger partial charge in [0.25, 0.3) is 5.91 Å². The average Bonchev–Trinajstić information content (AvgIpc) is 3.17. The molecular formula is C21H22N4O2. The number of benzene rings is 1. The van der Waals surface area contributed by atoms with Gasteiger partial charge in [-0.25, -0.2) is 0 Å². The van der Waals surface area contributed by atoms with Gasteiger partial charge < -0.3 is 9.42 Å². The van der Waals surface area contributed by atoms with E-state index >= 15 is 0 Å². The van der Waals surface area contributed by atoms with Gasteiger partial charge in [-0.3, -0.25) is 9.78 Å². The molecule has 0 radical (unpaired) electrons. The van der Waals surface area contributed by atoms with Gasteiger partial charge in [0.1, 0.15) is 0 Å². The van der Waals surface area contributed by atoms with Gasteiger partial charge in [-0.1, -0.05) is 29.4 Å². The maximum absolute atomic E-state index is 12.7. The maximum Gasteiger partial charge on any atom is 0.255 e. The third kappa shape index (κ3) is 3.89. The van der Waals surface area contributed by atoms with Gasteiger partial charge in [-0.05, 0) is 43.4 Å². The second-order valence-corrected chi connectivity index (χ2v) is 7.03. The van der Waals surface area contributed by atoms with Crippen molar-refractivity contribution >= 4 is 5.91 Å². The van der Waals surface area contributed by atoms with Crippen LogP contribution < -0.4 is 0 Å². The zero-order chi connectivity index (χ0) is 18.6. The Morgan fingerprint density at radius 3 is 2.96 bits per heavy atom. The molecule has 138 valence electrons. The molecule has 1 aliphatic rings. The van der Waals surface area contributed by atoms with E-state index in [2.05, 4.69) is 15.1 Å². The summed E-state index contributed by atoms with van der Waals surface area (Å²) in [7, 11) is 0. The van der Waals surface area contributed by atoms with Crippen LogP contribution in [0.15, 0.2) is 53.3 Å². The van der Waals surface area contributed by atoms with Gasteiger partial charge in [-0.15, -0.1) is 0 Å². The van der Waals surface area contributed by atoms with E-state index in [4.69, 9.17) is 4.52 Å². The van der Waals surface area contributed by atoms with E-state index in [1.807, 2.05) is 42.2 Å². The van der Waals surface area contributed by atoms with Crippen molar-refractivity contribution in [3.05, 3.63) is 65.8 Å².